The number of halogens is 2. The van der Waals surface area contributed by atoms with Crippen LogP contribution in [0.25, 0.3) is 0 Å². The zero-order chi connectivity index (χ0) is 12.1. The van der Waals surface area contributed by atoms with E-state index in [9.17, 15) is 9.59 Å². The highest BCUT2D eigenvalue weighted by Gasteiger charge is 2.07. The summed E-state index contributed by atoms with van der Waals surface area (Å²) >= 11 is 9.07. The van der Waals surface area contributed by atoms with Crippen LogP contribution in [0.2, 0.25) is 5.02 Å². The highest BCUT2D eigenvalue weighted by atomic mass is 79.9. The van der Waals surface area contributed by atoms with Crippen molar-refractivity contribution in [2.45, 2.75) is 6.42 Å². The summed E-state index contributed by atoms with van der Waals surface area (Å²) < 4.78 is 0.725. The van der Waals surface area contributed by atoms with E-state index in [-0.39, 0.29) is 18.9 Å². The van der Waals surface area contributed by atoms with Gasteiger partial charge in [0.1, 0.15) is 0 Å². The lowest BCUT2D eigenvalue weighted by atomic mass is 10.2. The first-order valence-corrected chi connectivity index (χ1v) is 5.69. The summed E-state index contributed by atoms with van der Waals surface area (Å²) in [5.74, 6) is -0.732. The number of nitrogens with one attached hydrogen (secondary N) is 1. The second-order valence-corrected chi connectivity index (χ2v) is 4.36. The van der Waals surface area contributed by atoms with E-state index in [1.54, 1.807) is 18.2 Å². The Kier molecular flexibility index (Phi) is 4.76. The number of amides is 2. The van der Waals surface area contributed by atoms with E-state index in [2.05, 4.69) is 21.2 Å². The van der Waals surface area contributed by atoms with E-state index in [0.717, 1.165) is 4.47 Å². The third kappa shape index (κ3) is 3.83. The Bertz CT molecular complexity index is 423. The predicted octanol–water partition coefficient (Wildman–Crippen LogP) is 1.71. The Balaban J connectivity index is 2.59. The summed E-state index contributed by atoms with van der Waals surface area (Å²) in [6.45, 7) is 0.224. The van der Waals surface area contributed by atoms with Gasteiger partial charge in [0.2, 0.25) is 5.91 Å². The molecule has 0 aliphatic rings. The number of hydrogen-bond donors (Lipinski definition) is 2. The molecule has 1 aromatic rings. The number of hydrogen-bond acceptors (Lipinski definition) is 2. The van der Waals surface area contributed by atoms with E-state index in [1.165, 1.54) is 0 Å². The lowest BCUT2D eigenvalue weighted by molar-refractivity contribution is -0.117. The number of rotatable bonds is 4. The molecule has 4 nitrogen and oxygen atoms in total. The molecule has 0 radical (unpaired) electrons. The first-order valence-electron chi connectivity index (χ1n) is 4.52. The minimum atomic E-state index is -0.450. The molecule has 0 aromatic heterocycles. The Labute approximate surface area is 106 Å². The highest BCUT2D eigenvalue weighted by molar-refractivity contribution is 9.10. The van der Waals surface area contributed by atoms with Crippen molar-refractivity contribution in [2.75, 3.05) is 6.54 Å². The third-order valence-corrected chi connectivity index (χ3v) is 3.07. The Hall–Kier alpha value is -1.07. The summed E-state index contributed by atoms with van der Waals surface area (Å²) in [4.78, 5) is 22.0. The summed E-state index contributed by atoms with van der Waals surface area (Å²) in [5, 5.41) is 3.02. The van der Waals surface area contributed by atoms with Crippen LogP contribution in [0.15, 0.2) is 22.7 Å². The van der Waals surface area contributed by atoms with Crippen LogP contribution in [-0.2, 0) is 4.79 Å². The van der Waals surface area contributed by atoms with Gasteiger partial charge in [-0.3, -0.25) is 9.59 Å². The second-order valence-electron chi connectivity index (χ2n) is 3.10. The quantitative estimate of drug-likeness (QED) is 0.889. The largest absolute Gasteiger partial charge is 0.370 e. The van der Waals surface area contributed by atoms with Gasteiger partial charge in [-0.25, -0.2) is 0 Å². The average Bonchev–Trinajstić information content (AvgIpc) is 2.21. The summed E-state index contributed by atoms with van der Waals surface area (Å²) in [6.07, 6.45) is 0.121. The minimum absolute atomic E-state index is 0.121. The van der Waals surface area contributed by atoms with Crippen LogP contribution in [0.5, 0.6) is 0 Å². The van der Waals surface area contributed by atoms with Gasteiger partial charge in [0, 0.05) is 23.0 Å². The average molecular weight is 306 g/mol. The molecule has 0 aliphatic heterocycles. The van der Waals surface area contributed by atoms with Gasteiger partial charge in [0.25, 0.3) is 5.91 Å². The van der Waals surface area contributed by atoms with Gasteiger partial charge in [-0.15, -0.1) is 0 Å². The fraction of sp³-hybridized carbons (Fsp3) is 0.200. The zero-order valence-corrected chi connectivity index (χ0v) is 10.6. The molecule has 0 saturated carbocycles. The summed E-state index contributed by atoms with van der Waals surface area (Å²) in [7, 11) is 0. The monoisotopic (exact) mass is 304 g/mol. The van der Waals surface area contributed by atoms with Crippen LogP contribution in [0.4, 0.5) is 0 Å². The van der Waals surface area contributed by atoms with Gasteiger partial charge < -0.3 is 11.1 Å². The fourth-order valence-corrected chi connectivity index (χ4v) is 1.47. The normalized spacial score (nSPS) is 9.88. The molecule has 1 aromatic carbocycles. The van der Waals surface area contributed by atoms with Crippen molar-refractivity contribution in [1.82, 2.24) is 5.32 Å². The molecule has 0 atom stereocenters. The van der Waals surface area contributed by atoms with Crippen LogP contribution in [0.1, 0.15) is 16.8 Å². The van der Waals surface area contributed by atoms with Crippen molar-refractivity contribution >= 4 is 39.3 Å². The van der Waals surface area contributed by atoms with Crippen LogP contribution in [-0.4, -0.2) is 18.4 Å². The molecule has 6 heteroatoms. The second kappa shape index (κ2) is 5.86. The van der Waals surface area contributed by atoms with E-state index < -0.39 is 5.91 Å². The van der Waals surface area contributed by atoms with E-state index in [1.807, 2.05) is 0 Å². The lowest BCUT2D eigenvalue weighted by Gasteiger charge is -2.04. The minimum Gasteiger partial charge on any atom is -0.370 e. The third-order valence-electron chi connectivity index (χ3n) is 1.84. The van der Waals surface area contributed by atoms with Gasteiger partial charge in [0.15, 0.2) is 0 Å². The number of carbonyl (C=O) groups excluding carboxylic acids is 2. The number of primary amides is 1. The van der Waals surface area contributed by atoms with Gasteiger partial charge in [-0.05, 0) is 34.1 Å². The van der Waals surface area contributed by atoms with Crippen molar-refractivity contribution in [2.24, 2.45) is 5.73 Å². The van der Waals surface area contributed by atoms with Gasteiger partial charge in [0.05, 0.1) is 5.02 Å². The van der Waals surface area contributed by atoms with Gasteiger partial charge in [-0.2, -0.15) is 0 Å². The lowest BCUT2D eigenvalue weighted by Crippen LogP contribution is -2.27. The van der Waals surface area contributed by atoms with E-state index in [0.29, 0.717) is 10.6 Å². The predicted molar refractivity (Wildman–Crippen MR) is 65.3 cm³/mol. The van der Waals surface area contributed by atoms with Crippen LogP contribution < -0.4 is 11.1 Å². The molecule has 86 valence electrons. The van der Waals surface area contributed by atoms with Crippen molar-refractivity contribution in [3.63, 3.8) is 0 Å². The maximum absolute atomic E-state index is 11.6. The smallest absolute Gasteiger partial charge is 0.251 e. The van der Waals surface area contributed by atoms with Crippen LogP contribution in [0.3, 0.4) is 0 Å². The van der Waals surface area contributed by atoms with Gasteiger partial charge in [-0.1, -0.05) is 11.6 Å². The molecular formula is C10H10BrClN2O2. The first kappa shape index (κ1) is 13.0. The Morgan fingerprint density at radius 1 is 1.44 bits per heavy atom. The molecule has 0 unspecified atom stereocenters. The maximum Gasteiger partial charge on any atom is 0.251 e. The van der Waals surface area contributed by atoms with E-state index in [4.69, 9.17) is 17.3 Å². The summed E-state index contributed by atoms with van der Waals surface area (Å²) in [5.41, 5.74) is 5.39. The van der Waals surface area contributed by atoms with Crippen LogP contribution in [0, 0.1) is 0 Å². The molecule has 0 saturated heterocycles. The highest BCUT2D eigenvalue weighted by Crippen LogP contribution is 2.22. The maximum atomic E-state index is 11.6. The van der Waals surface area contributed by atoms with Crippen molar-refractivity contribution < 1.29 is 9.59 Å². The molecule has 3 N–H and O–H groups in total. The number of carbonyl (C=O) groups is 2. The van der Waals surface area contributed by atoms with Crippen molar-refractivity contribution in [1.29, 1.82) is 0 Å². The Morgan fingerprint density at radius 3 is 2.69 bits per heavy atom. The van der Waals surface area contributed by atoms with Crippen molar-refractivity contribution in [3.05, 3.63) is 33.3 Å². The zero-order valence-electron chi connectivity index (χ0n) is 8.30. The standard InChI is InChI=1S/C10H10BrClN2O2/c11-7-2-1-6(5-8(7)12)10(16)14-4-3-9(13)15/h1-2,5H,3-4H2,(H2,13,15)(H,14,16). The number of nitrogens with two attached hydrogens (primary N) is 1. The number of benzene rings is 1. The fourth-order valence-electron chi connectivity index (χ4n) is 1.04. The molecular weight excluding hydrogens is 295 g/mol. The first-order chi connectivity index (χ1) is 7.50. The molecule has 0 aliphatic carbocycles. The molecule has 0 bridgehead atoms. The van der Waals surface area contributed by atoms with Crippen LogP contribution >= 0.6 is 27.5 Å². The molecule has 1 rings (SSSR count). The molecule has 0 heterocycles. The summed E-state index contributed by atoms with van der Waals surface area (Å²) in [6, 6.07) is 4.87. The topological polar surface area (TPSA) is 72.2 Å². The molecule has 0 spiro atoms. The SMILES string of the molecule is NC(=O)CCNC(=O)c1ccc(Br)c(Cl)c1. The molecule has 2 amide bonds. The molecule has 16 heavy (non-hydrogen) atoms. The van der Waals surface area contributed by atoms with E-state index >= 15 is 0 Å². The molecule has 0 fully saturated rings. The van der Waals surface area contributed by atoms with Gasteiger partial charge >= 0.3 is 0 Å². The van der Waals surface area contributed by atoms with Crippen molar-refractivity contribution in [3.8, 4) is 0 Å². The Morgan fingerprint density at radius 2 is 2.12 bits per heavy atom.